The quantitative estimate of drug-likeness (QED) is 0.718. The van der Waals surface area contributed by atoms with Crippen molar-refractivity contribution in [3.63, 3.8) is 0 Å². The molecule has 1 aliphatic heterocycles. The lowest BCUT2D eigenvalue weighted by Crippen LogP contribution is -2.43. The molecule has 1 atom stereocenters. The Morgan fingerprint density at radius 2 is 1.70 bits per heavy atom. The van der Waals surface area contributed by atoms with Crippen LogP contribution in [-0.4, -0.2) is 38.9 Å². The van der Waals surface area contributed by atoms with Crippen molar-refractivity contribution in [3.8, 4) is 0 Å². The Kier molecular flexibility index (Phi) is 4.71. The van der Waals surface area contributed by atoms with E-state index in [1.807, 2.05) is 54.3 Å². The third-order valence-electron chi connectivity index (χ3n) is 5.38. The van der Waals surface area contributed by atoms with Gasteiger partial charge in [-0.05, 0) is 37.5 Å². The van der Waals surface area contributed by atoms with Crippen LogP contribution in [0, 0.1) is 0 Å². The molecule has 0 saturated carbocycles. The third kappa shape index (κ3) is 3.35. The molecule has 0 aliphatic carbocycles. The smallest absolute Gasteiger partial charge is 0.277 e. The first-order valence-corrected chi connectivity index (χ1v) is 9.33. The summed E-state index contributed by atoms with van der Waals surface area (Å²) in [5.74, 6) is -0.0254. The van der Waals surface area contributed by atoms with Crippen molar-refractivity contribution in [3.05, 3.63) is 70.5 Å². The molecular weight excluding hydrogens is 340 g/mol. The summed E-state index contributed by atoms with van der Waals surface area (Å²) in [6, 6.07) is 17.1. The van der Waals surface area contributed by atoms with E-state index in [0.717, 1.165) is 5.56 Å². The molecule has 138 valence electrons. The molecular formula is C21H22N4O2. The minimum atomic E-state index is -0.161. The van der Waals surface area contributed by atoms with E-state index in [-0.39, 0.29) is 23.4 Å². The fourth-order valence-electron chi connectivity index (χ4n) is 3.73. The van der Waals surface area contributed by atoms with Crippen molar-refractivity contribution in [1.82, 2.24) is 19.9 Å². The SMILES string of the molecule is C[C@H](C(=O)N1CCC(n2nnc3ccccc3c2=O)CC1)c1ccccc1. The predicted molar refractivity (Wildman–Crippen MR) is 104 cm³/mol. The van der Waals surface area contributed by atoms with E-state index in [2.05, 4.69) is 10.3 Å². The van der Waals surface area contributed by atoms with Crippen LogP contribution in [0.15, 0.2) is 59.4 Å². The molecule has 1 aliphatic rings. The number of nitrogens with zero attached hydrogens (tertiary/aromatic N) is 4. The number of amides is 1. The van der Waals surface area contributed by atoms with Gasteiger partial charge in [0.25, 0.3) is 5.56 Å². The van der Waals surface area contributed by atoms with Gasteiger partial charge < -0.3 is 4.90 Å². The molecule has 2 aromatic carbocycles. The first-order valence-electron chi connectivity index (χ1n) is 9.33. The Hall–Kier alpha value is -3.02. The molecule has 0 bridgehead atoms. The van der Waals surface area contributed by atoms with Crippen LogP contribution in [0.25, 0.3) is 10.9 Å². The second kappa shape index (κ2) is 7.31. The third-order valence-corrected chi connectivity index (χ3v) is 5.38. The normalized spacial score (nSPS) is 16.4. The fourth-order valence-corrected chi connectivity index (χ4v) is 3.73. The summed E-state index contributed by atoms with van der Waals surface area (Å²) in [6.45, 7) is 3.20. The lowest BCUT2D eigenvalue weighted by atomic mass is 9.97. The number of carbonyl (C=O) groups excluding carboxylic acids is 1. The maximum absolute atomic E-state index is 12.8. The molecule has 3 aromatic rings. The van der Waals surface area contributed by atoms with E-state index in [0.29, 0.717) is 36.8 Å². The number of hydrogen-bond donors (Lipinski definition) is 0. The lowest BCUT2D eigenvalue weighted by Gasteiger charge is -2.33. The Balaban J connectivity index is 1.47. The van der Waals surface area contributed by atoms with Crippen LogP contribution >= 0.6 is 0 Å². The van der Waals surface area contributed by atoms with Gasteiger partial charge in [0.1, 0.15) is 5.52 Å². The van der Waals surface area contributed by atoms with Gasteiger partial charge >= 0.3 is 0 Å². The number of benzene rings is 2. The number of aromatic nitrogens is 3. The summed E-state index contributed by atoms with van der Waals surface area (Å²) in [4.78, 5) is 27.4. The number of likely N-dealkylation sites (tertiary alicyclic amines) is 1. The largest absolute Gasteiger partial charge is 0.342 e. The highest BCUT2D eigenvalue weighted by atomic mass is 16.2. The van der Waals surface area contributed by atoms with Crippen LogP contribution in [0.5, 0.6) is 0 Å². The van der Waals surface area contributed by atoms with Crippen LogP contribution in [-0.2, 0) is 4.79 Å². The highest BCUT2D eigenvalue weighted by molar-refractivity contribution is 5.83. The summed E-state index contributed by atoms with van der Waals surface area (Å²) in [5, 5.41) is 8.89. The average Bonchev–Trinajstić information content (AvgIpc) is 2.74. The molecule has 0 unspecified atom stereocenters. The van der Waals surface area contributed by atoms with Gasteiger partial charge in [-0.15, -0.1) is 5.10 Å². The van der Waals surface area contributed by atoms with Gasteiger partial charge in [-0.2, -0.15) is 0 Å². The summed E-state index contributed by atoms with van der Waals surface area (Å²) in [6.07, 6.45) is 1.42. The molecule has 6 heteroatoms. The molecule has 27 heavy (non-hydrogen) atoms. The molecule has 0 N–H and O–H groups in total. The van der Waals surface area contributed by atoms with Crippen molar-refractivity contribution in [2.45, 2.75) is 31.7 Å². The van der Waals surface area contributed by atoms with E-state index >= 15 is 0 Å². The fraction of sp³-hybridized carbons (Fsp3) is 0.333. The zero-order valence-corrected chi connectivity index (χ0v) is 15.3. The van der Waals surface area contributed by atoms with Gasteiger partial charge in [0.15, 0.2) is 0 Å². The van der Waals surface area contributed by atoms with Gasteiger partial charge in [0, 0.05) is 13.1 Å². The van der Waals surface area contributed by atoms with Crippen LogP contribution in [0.2, 0.25) is 0 Å². The topological polar surface area (TPSA) is 68.1 Å². The van der Waals surface area contributed by atoms with E-state index < -0.39 is 0 Å². The first kappa shape index (κ1) is 17.4. The predicted octanol–water partition coefficient (Wildman–Crippen LogP) is 2.76. The Morgan fingerprint density at radius 3 is 2.44 bits per heavy atom. The minimum Gasteiger partial charge on any atom is -0.342 e. The first-order chi connectivity index (χ1) is 13.1. The summed E-state index contributed by atoms with van der Waals surface area (Å²) in [5.41, 5.74) is 1.53. The zero-order chi connectivity index (χ0) is 18.8. The molecule has 1 amide bonds. The van der Waals surface area contributed by atoms with Crippen LogP contribution in [0.1, 0.15) is 37.3 Å². The molecule has 0 radical (unpaired) electrons. The van der Waals surface area contributed by atoms with Crippen molar-refractivity contribution in [1.29, 1.82) is 0 Å². The minimum absolute atomic E-state index is 0.0225. The van der Waals surface area contributed by atoms with Crippen molar-refractivity contribution >= 4 is 16.8 Å². The van der Waals surface area contributed by atoms with Gasteiger partial charge in [-0.25, -0.2) is 4.68 Å². The average molecular weight is 362 g/mol. The summed E-state index contributed by atoms with van der Waals surface area (Å²) in [7, 11) is 0. The Morgan fingerprint density at radius 1 is 1.04 bits per heavy atom. The second-order valence-electron chi connectivity index (χ2n) is 7.05. The standard InChI is InChI=1S/C21H22N4O2/c1-15(16-7-3-2-4-8-16)20(26)24-13-11-17(12-14-24)25-21(27)18-9-5-6-10-19(18)22-23-25/h2-10,15,17H,11-14H2,1H3/t15-/m0/s1. The van der Waals surface area contributed by atoms with Crippen molar-refractivity contribution in [2.24, 2.45) is 0 Å². The van der Waals surface area contributed by atoms with E-state index in [4.69, 9.17) is 0 Å². The number of fused-ring (bicyclic) bond motifs is 1. The van der Waals surface area contributed by atoms with E-state index in [1.165, 1.54) is 4.68 Å². The molecule has 4 rings (SSSR count). The summed E-state index contributed by atoms with van der Waals surface area (Å²) >= 11 is 0. The molecule has 2 heterocycles. The number of hydrogen-bond acceptors (Lipinski definition) is 4. The molecule has 1 fully saturated rings. The van der Waals surface area contributed by atoms with Gasteiger partial charge in [-0.3, -0.25) is 9.59 Å². The van der Waals surface area contributed by atoms with Crippen LogP contribution in [0.3, 0.4) is 0 Å². The van der Waals surface area contributed by atoms with Crippen molar-refractivity contribution in [2.75, 3.05) is 13.1 Å². The van der Waals surface area contributed by atoms with Gasteiger partial charge in [-0.1, -0.05) is 47.7 Å². The maximum atomic E-state index is 12.8. The number of piperidine rings is 1. The molecule has 0 spiro atoms. The zero-order valence-electron chi connectivity index (χ0n) is 15.3. The number of carbonyl (C=O) groups is 1. The van der Waals surface area contributed by atoms with Crippen LogP contribution < -0.4 is 5.56 Å². The molecule has 1 aromatic heterocycles. The van der Waals surface area contributed by atoms with E-state index in [1.54, 1.807) is 12.1 Å². The molecule has 6 nitrogen and oxygen atoms in total. The second-order valence-corrected chi connectivity index (χ2v) is 7.05. The molecule has 1 saturated heterocycles. The summed E-state index contributed by atoms with van der Waals surface area (Å²) < 4.78 is 1.49. The Labute approximate surface area is 157 Å². The van der Waals surface area contributed by atoms with E-state index in [9.17, 15) is 9.59 Å². The number of rotatable bonds is 3. The Bertz CT molecular complexity index is 1010. The monoisotopic (exact) mass is 362 g/mol. The highest BCUT2D eigenvalue weighted by Gasteiger charge is 2.28. The highest BCUT2D eigenvalue weighted by Crippen LogP contribution is 2.24. The van der Waals surface area contributed by atoms with Crippen molar-refractivity contribution < 1.29 is 4.79 Å². The lowest BCUT2D eigenvalue weighted by molar-refractivity contribution is -0.133. The van der Waals surface area contributed by atoms with Crippen LogP contribution in [0.4, 0.5) is 0 Å². The van der Waals surface area contributed by atoms with Gasteiger partial charge in [0.2, 0.25) is 5.91 Å². The maximum Gasteiger partial charge on any atom is 0.277 e. The van der Waals surface area contributed by atoms with Gasteiger partial charge in [0.05, 0.1) is 17.3 Å².